The molecule has 0 fully saturated rings. The number of carbonyl (C=O) groups excluding carboxylic acids is 1. The van der Waals surface area contributed by atoms with Gasteiger partial charge in [0.25, 0.3) is 5.91 Å². The number of nitrogens with zero attached hydrogens (tertiary/aromatic N) is 3. The van der Waals surface area contributed by atoms with Crippen molar-refractivity contribution in [3.8, 4) is 0 Å². The number of likely N-dealkylation sites (N-methyl/N-ethyl adjacent to an activating group) is 1. The Kier molecular flexibility index (Phi) is 9.82. The summed E-state index contributed by atoms with van der Waals surface area (Å²) >= 11 is 3.39. The molecule has 31 heavy (non-hydrogen) atoms. The molecule has 0 aliphatic carbocycles. The van der Waals surface area contributed by atoms with Crippen LogP contribution >= 0.6 is 35.5 Å². The Hall–Kier alpha value is -1.60. The van der Waals surface area contributed by atoms with E-state index in [4.69, 9.17) is 4.98 Å². The van der Waals surface area contributed by atoms with E-state index in [9.17, 15) is 4.79 Å². The van der Waals surface area contributed by atoms with E-state index in [0.29, 0.717) is 12.1 Å². The lowest BCUT2D eigenvalue weighted by molar-refractivity contribution is 0.0983. The van der Waals surface area contributed by atoms with Gasteiger partial charge in [0.05, 0.1) is 10.2 Å². The van der Waals surface area contributed by atoms with Crippen LogP contribution in [0.3, 0.4) is 0 Å². The average molecular weight is 478 g/mol. The number of halogens is 1. The molecule has 0 aliphatic rings. The highest BCUT2D eigenvalue weighted by atomic mass is 35.5. The van der Waals surface area contributed by atoms with Crippen LogP contribution in [0.1, 0.15) is 42.3 Å². The van der Waals surface area contributed by atoms with E-state index in [1.54, 1.807) is 23.1 Å². The quantitative estimate of drug-likeness (QED) is 0.332. The van der Waals surface area contributed by atoms with E-state index in [1.807, 2.05) is 29.2 Å². The van der Waals surface area contributed by atoms with Gasteiger partial charge in [0, 0.05) is 23.5 Å². The Balaban J connectivity index is 0.00000341. The molecule has 4 nitrogen and oxygen atoms in total. The van der Waals surface area contributed by atoms with Crippen LogP contribution in [0.4, 0.5) is 5.13 Å². The lowest BCUT2D eigenvalue weighted by atomic mass is 10.1. The summed E-state index contributed by atoms with van der Waals surface area (Å²) in [5.74, 6) is 1.04. The van der Waals surface area contributed by atoms with Gasteiger partial charge in [0.15, 0.2) is 5.13 Å². The Morgan fingerprint density at radius 1 is 1.00 bits per heavy atom. The van der Waals surface area contributed by atoms with E-state index in [1.165, 1.54) is 16.0 Å². The van der Waals surface area contributed by atoms with Crippen LogP contribution < -0.4 is 4.90 Å². The van der Waals surface area contributed by atoms with Gasteiger partial charge >= 0.3 is 0 Å². The summed E-state index contributed by atoms with van der Waals surface area (Å²) in [6, 6.07) is 12.2. The molecule has 0 aliphatic heterocycles. The van der Waals surface area contributed by atoms with E-state index >= 15 is 0 Å². The number of thiazole rings is 1. The molecule has 1 aromatic heterocycles. The standard InChI is InChI=1S/C24H31N3OS2.ClH/c1-6-26(7-2)15-16-27(23(28)19-10-12-20(13-11-19)29-8-3)24-25-22-18(5)17(4)9-14-21(22)30-24;/h9-14H,6-8,15-16H2,1-5H3;1H. The van der Waals surface area contributed by atoms with Crippen LogP contribution in [0.25, 0.3) is 10.2 Å². The number of hydrogen-bond acceptors (Lipinski definition) is 5. The second-order valence-electron chi connectivity index (χ2n) is 7.29. The fourth-order valence-electron chi connectivity index (χ4n) is 3.41. The van der Waals surface area contributed by atoms with Gasteiger partial charge < -0.3 is 4.90 Å². The lowest BCUT2D eigenvalue weighted by Crippen LogP contribution is -2.38. The fourth-order valence-corrected chi connectivity index (χ4v) is 5.12. The van der Waals surface area contributed by atoms with Gasteiger partial charge in [0.1, 0.15) is 0 Å². The first-order valence-corrected chi connectivity index (χ1v) is 12.4. The Bertz CT molecular complexity index is 1000. The van der Waals surface area contributed by atoms with E-state index < -0.39 is 0 Å². The van der Waals surface area contributed by atoms with Crippen molar-refractivity contribution in [1.82, 2.24) is 9.88 Å². The topological polar surface area (TPSA) is 36.4 Å². The van der Waals surface area contributed by atoms with Gasteiger partial charge in [-0.05, 0) is 74.1 Å². The molecule has 0 unspecified atom stereocenters. The molecule has 2 aromatic carbocycles. The number of benzene rings is 2. The van der Waals surface area contributed by atoms with E-state index in [0.717, 1.165) is 40.7 Å². The van der Waals surface area contributed by atoms with Crippen LogP contribution in [-0.2, 0) is 0 Å². The van der Waals surface area contributed by atoms with Crippen molar-refractivity contribution in [2.24, 2.45) is 0 Å². The third kappa shape index (κ3) is 6.01. The van der Waals surface area contributed by atoms with Gasteiger partial charge in [-0.15, -0.1) is 24.2 Å². The Labute approximate surface area is 200 Å². The number of aromatic nitrogens is 1. The predicted octanol–water partition coefficient (Wildman–Crippen LogP) is 6.44. The number of fused-ring (bicyclic) bond motifs is 1. The molecule has 3 aromatic rings. The van der Waals surface area contributed by atoms with Crippen molar-refractivity contribution in [3.63, 3.8) is 0 Å². The van der Waals surface area contributed by atoms with Crippen molar-refractivity contribution in [2.45, 2.75) is 39.5 Å². The first-order chi connectivity index (χ1) is 14.5. The molecule has 7 heteroatoms. The average Bonchev–Trinajstić information content (AvgIpc) is 3.19. The Morgan fingerprint density at radius 2 is 1.68 bits per heavy atom. The number of aryl methyl sites for hydroxylation is 2. The lowest BCUT2D eigenvalue weighted by Gasteiger charge is -2.24. The molecule has 0 radical (unpaired) electrons. The van der Waals surface area contributed by atoms with Gasteiger partial charge in [-0.3, -0.25) is 9.69 Å². The summed E-state index contributed by atoms with van der Waals surface area (Å²) in [6.45, 7) is 14.1. The highest BCUT2D eigenvalue weighted by Gasteiger charge is 2.22. The summed E-state index contributed by atoms with van der Waals surface area (Å²) in [7, 11) is 0. The molecule has 0 spiro atoms. The molecular formula is C24H32ClN3OS2. The van der Waals surface area contributed by atoms with Gasteiger partial charge in [-0.2, -0.15) is 0 Å². The molecule has 3 rings (SSSR count). The number of rotatable bonds is 9. The summed E-state index contributed by atoms with van der Waals surface area (Å²) in [6.07, 6.45) is 0. The van der Waals surface area contributed by atoms with Crippen molar-refractivity contribution in [3.05, 3.63) is 53.1 Å². The van der Waals surface area contributed by atoms with Crippen LogP contribution in [-0.4, -0.2) is 47.7 Å². The number of carbonyl (C=O) groups is 1. The SMILES string of the molecule is CCSc1ccc(C(=O)N(CCN(CC)CC)c2nc3c(C)c(C)ccc3s2)cc1.Cl. The van der Waals surface area contributed by atoms with E-state index in [-0.39, 0.29) is 18.3 Å². The summed E-state index contributed by atoms with van der Waals surface area (Å²) in [4.78, 5) is 23.8. The first kappa shape index (κ1) is 25.7. The molecule has 0 bridgehead atoms. The number of amides is 1. The zero-order valence-electron chi connectivity index (χ0n) is 19.0. The van der Waals surface area contributed by atoms with E-state index in [2.05, 4.69) is 51.7 Å². The minimum atomic E-state index is 0. The van der Waals surface area contributed by atoms with Crippen molar-refractivity contribution < 1.29 is 4.79 Å². The first-order valence-electron chi connectivity index (χ1n) is 10.6. The number of anilines is 1. The van der Waals surface area contributed by atoms with Crippen molar-refractivity contribution in [2.75, 3.05) is 36.8 Å². The maximum atomic E-state index is 13.5. The molecule has 1 amide bonds. The molecule has 168 valence electrons. The van der Waals surface area contributed by atoms with Gasteiger partial charge in [-0.1, -0.05) is 38.2 Å². The van der Waals surface area contributed by atoms with Gasteiger partial charge in [-0.25, -0.2) is 4.98 Å². The normalized spacial score (nSPS) is 11.0. The van der Waals surface area contributed by atoms with Crippen molar-refractivity contribution in [1.29, 1.82) is 0 Å². The largest absolute Gasteiger partial charge is 0.302 e. The smallest absolute Gasteiger partial charge is 0.260 e. The monoisotopic (exact) mass is 477 g/mol. The predicted molar refractivity (Wildman–Crippen MR) is 139 cm³/mol. The molecule has 0 atom stereocenters. The van der Waals surface area contributed by atoms with Crippen LogP contribution in [0.5, 0.6) is 0 Å². The zero-order chi connectivity index (χ0) is 21.7. The summed E-state index contributed by atoms with van der Waals surface area (Å²) in [5, 5.41) is 0.780. The second kappa shape index (κ2) is 11.9. The van der Waals surface area contributed by atoms with Gasteiger partial charge in [0.2, 0.25) is 0 Å². The highest BCUT2D eigenvalue weighted by molar-refractivity contribution is 7.99. The molecule has 0 N–H and O–H groups in total. The maximum Gasteiger partial charge on any atom is 0.260 e. The fraction of sp³-hybridized carbons (Fsp3) is 0.417. The van der Waals surface area contributed by atoms with Crippen LogP contribution in [0.2, 0.25) is 0 Å². The van der Waals surface area contributed by atoms with Crippen LogP contribution in [0.15, 0.2) is 41.3 Å². The molecule has 1 heterocycles. The third-order valence-electron chi connectivity index (χ3n) is 5.50. The number of hydrogen-bond donors (Lipinski definition) is 0. The highest BCUT2D eigenvalue weighted by Crippen LogP contribution is 2.32. The third-order valence-corrected chi connectivity index (χ3v) is 7.43. The van der Waals surface area contributed by atoms with Crippen LogP contribution in [0, 0.1) is 13.8 Å². The molecular weight excluding hydrogens is 446 g/mol. The zero-order valence-corrected chi connectivity index (χ0v) is 21.4. The minimum absolute atomic E-state index is 0. The Morgan fingerprint density at radius 3 is 2.29 bits per heavy atom. The molecule has 0 saturated carbocycles. The summed E-state index contributed by atoms with van der Waals surface area (Å²) < 4.78 is 1.13. The van der Waals surface area contributed by atoms with Crippen molar-refractivity contribution >= 4 is 56.8 Å². The molecule has 0 saturated heterocycles. The second-order valence-corrected chi connectivity index (χ2v) is 9.64. The number of thioether (sulfide) groups is 1. The maximum absolute atomic E-state index is 13.5. The minimum Gasteiger partial charge on any atom is -0.302 e. The summed E-state index contributed by atoms with van der Waals surface area (Å²) in [5.41, 5.74) is 4.13.